The Labute approximate surface area is 141 Å². The number of hydrogen-bond donors (Lipinski definition) is 2. The summed E-state index contributed by atoms with van der Waals surface area (Å²) in [6.45, 7) is 2.22. The summed E-state index contributed by atoms with van der Waals surface area (Å²) in [4.78, 5) is 22.3. The van der Waals surface area contributed by atoms with Crippen molar-refractivity contribution in [1.82, 2.24) is 5.32 Å². The van der Waals surface area contributed by atoms with Gasteiger partial charge in [-0.25, -0.2) is 4.79 Å². The number of carbonyl (C=O) groups is 2. The van der Waals surface area contributed by atoms with Crippen LogP contribution in [0.1, 0.15) is 16.7 Å². The van der Waals surface area contributed by atoms with Gasteiger partial charge >= 0.3 is 5.97 Å². The van der Waals surface area contributed by atoms with Crippen molar-refractivity contribution in [3.63, 3.8) is 0 Å². The first-order valence-corrected chi connectivity index (χ1v) is 7.79. The fourth-order valence-corrected chi connectivity index (χ4v) is 2.20. The Morgan fingerprint density at radius 3 is 2.25 bits per heavy atom. The summed E-state index contributed by atoms with van der Waals surface area (Å²) in [5.41, 5.74) is 3.22. The molecule has 0 spiro atoms. The number of carbonyl (C=O) groups excluding carboxylic acids is 1. The van der Waals surface area contributed by atoms with Gasteiger partial charge in [0.05, 0.1) is 6.42 Å². The molecule has 2 aromatic rings. The van der Waals surface area contributed by atoms with Crippen LogP contribution in [0.4, 0.5) is 0 Å². The maximum Gasteiger partial charge on any atom is 0.341 e. The SMILES string of the molecule is Cc1ccc(CC(=O)NCCc2ccc(OCC(=O)O)cc2)cc1. The second-order valence-corrected chi connectivity index (χ2v) is 5.59. The van der Waals surface area contributed by atoms with Crippen LogP contribution in [0.5, 0.6) is 5.75 Å². The van der Waals surface area contributed by atoms with E-state index in [1.165, 1.54) is 5.56 Å². The summed E-state index contributed by atoms with van der Waals surface area (Å²) < 4.78 is 5.07. The number of benzene rings is 2. The molecule has 5 nitrogen and oxygen atoms in total. The molecule has 0 aliphatic rings. The predicted octanol–water partition coefficient (Wildman–Crippen LogP) is 2.36. The smallest absolute Gasteiger partial charge is 0.341 e. The van der Waals surface area contributed by atoms with E-state index < -0.39 is 5.97 Å². The molecule has 0 heterocycles. The Kier molecular flexibility index (Phi) is 6.37. The first-order chi connectivity index (χ1) is 11.5. The molecule has 126 valence electrons. The molecule has 0 fully saturated rings. The molecule has 0 radical (unpaired) electrons. The largest absolute Gasteiger partial charge is 0.482 e. The standard InChI is InChI=1S/C19H21NO4/c1-14-2-4-16(5-3-14)12-18(21)20-11-10-15-6-8-17(9-7-15)24-13-19(22)23/h2-9H,10-13H2,1H3,(H,20,21)(H,22,23). The Balaban J connectivity index is 1.72. The van der Waals surface area contributed by atoms with E-state index in [0.717, 1.165) is 11.1 Å². The summed E-state index contributed by atoms with van der Waals surface area (Å²) in [5, 5.41) is 11.5. The first-order valence-electron chi connectivity index (χ1n) is 7.79. The molecule has 1 amide bonds. The van der Waals surface area contributed by atoms with Gasteiger partial charge < -0.3 is 15.2 Å². The van der Waals surface area contributed by atoms with Crippen molar-refractivity contribution < 1.29 is 19.4 Å². The highest BCUT2D eigenvalue weighted by atomic mass is 16.5. The first kappa shape index (κ1) is 17.5. The van der Waals surface area contributed by atoms with E-state index in [1.807, 2.05) is 43.3 Å². The Morgan fingerprint density at radius 1 is 1.00 bits per heavy atom. The van der Waals surface area contributed by atoms with Gasteiger partial charge in [0.2, 0.25) is 5.91 Å². The van der Waals surface area contributed by atoms with Crippen LogP contribution >= 0.6 is 0 Å². The summed E-state index contributed by atoms with van der Waals surface area (Å²) in [5.74, 6) is -0.486. The molecule has 0 saturated carbocycles. The number of nitrogens with one attached hydrogen (secondary N) is 1. The maximum atomic E-state index is 11.9. The van der Waals surface area contributed by atoms with Gasteiger partial charge in [0, 0.05) is 6.54 Å². The average Bonchev–Trinajstić information content (AvgIpc) is 2.56. The van der Waals surface area contributed by atoms with Gasteiger partial charge in [-0.05, 0) is 36.6 Å². The maximum absolute atomic E-state index is 11.9. The minimum atomic E-state index is -1.00. The molecule has 0 saturated heterocycles. The van der Waals surface area contributed by atoms with E-state index in [4.69, 9.17) is 9.84 Å². The van der Waals surface area contributed by atoms with Crippen molar-refractivity contribution in [3.8, 4) is 5.75 Å². The van der Waals surface area contributed by atoms with Crippen molar-refractivity contribution in [2.45, 2.75) is 19.8 Å². The van der Waals surface area contributed by atoms with Gasteiger partial charge in [-0.2, -0.15) is 0 Å². The van der Waals surface area contributed by atoms with Crippen molar-refractivity contribution in [1.29, 1.82) is 0 Å². The highest BCUT2D eigenvalue weighted by Crippen LogP contribution is 2.12. The molecule has 24 heavy (non-hydrogen) atoms. The fourth-order valence-electron chi connectivity index (χ4n) is 2.20. The summed E-state index contributed by atoms with van der Waals surface area (Å²) in [7, 11) is 0. The van der Waals surface area contributed by atoms with Crippen LogP contribution in [0.2, 0.25) is 0 Å². The number of ether oxygens (including phenoxy) is 1. The quantitative estimate of drug-likeness (QED) is 0.780. The third-order valence-electron chi connectivity index (χ3n) is 3.51. The number of rotatable bonds is 8. The molecule has 0 unspecified atom stereocenters. The molecule has 2 rings (SSSR count). The van der Waals surface area contributed by atoms with Gasteiger partial charge in [-0.3, -0.25) is 4.79 Å². The second-order valence-electron chi connectivity index (χ2n) is 5.59. The van der Waals surface area contributed by atoms with Crippen LogP contribution in [-0.2, 0) is 22.4 Å². The molecule has 0 aromatic heterocycles. The number of carboxylic acids is 1. The van der Waals surface area contributed by atoms with Gasteiger partial charge in [0.25, 0.3) is 0 Å². The molecule has 2 aromatic carbocycles. The number of hydrogen-bond acceptors (Lipinski definition) is 3. The van der Waals surface area contributed by atoms with E-state index >= 15 is 0 Å². The number of carboxylic acid groups (broad SMARTS) is 1. The van der Waals surface area contributed by atoms with Crippen LogP contribution < -0.4 is 10.1 Å². The molecule has 0 aliphatic carbocycles. The minimum Gasteiger partial charge on any atom is -0.482 e. The van der Waals surface area contributed by atoms with E-state index in [1.54, 1.807) is 12.1 Å². The van der Waals surface area contributed by atoms with Crippen LogP contribution in [0.15, 0.2) is 48.5 Å². The third-order valence-corrected chi connectivity index (χ3v) is 3.51. The average molecular weight is 327 g/mol. The van der Waals surface area contributed by atoms with Crippen molar-refractivity contribution in [3.05, 3.63) is 65.2 Å². The number of amides is 1. The Hall–Kier alpha value is -2.82. The molecule has 0 aliphatic heterocycles. The topological polar surface area (TPSA) is 75.6 Å². The van der Waals surface area contributed by atoms with Gasteiger partial charge in [-0.1, -0.05) is 42.0 Å². The molecular weight excluding hydrogens is 306 g/mol. The van der Waals surface area contributed by atoms with Gasteiger partial charge in [-0.15, -0.1) is 0 Å². The molecular formula is C19H21NO4. The lowest BCUT2D eigenvalue weighted by Crippen LogP contribution is -2.27. The van der Waals surface area contributed by atoms with Gasteiger partial charge in [0.1, 0.15) is 5.75 Å². The van der Waals surface area contributed by atoms with Crippen molar-refractivity contribution in [2.75, 3.05) is 13.2 Å². The lowest BCUT2D eigenvalue weighted by molar-refractivity contribution is -0.139. The van der Waals surface area contributed by atoms with E-state index in [9.17, 15) is 9.59 Å². The second kappa shape index (κ2) is 8.72. The van der Waals surface area contributed by atoms with Gasteiger partial charge in [0.15, 0.2) is 6.61 Å². The number of aryl methyl sites for hydroxylation is 1. The minimum absolute atomic E-state index is 0.000245. The highest BCUT2D eigenvalue weighted by molar-refractivity contribution is 5.78. The molecule has 0 bridgehead atoms. The van der Waals surface area contributed by atoms with Crippen molar-refractivity contribution >= 4 is 11.9 Å². The zero-order valence-corrected chi connectivity index (χ0v) is 13.6. The predicted molar refractivity (Wildman–Crippen MR) is 91.2 cm³/mol. The monoisotopic (exact) mass is 327 g/mol. The van der Waals surface area contributed by atoms with E-state index in [2.05, 4.69) is 5.32 Å². The van der Waals surface area contributed by atoms with Crippen LogP contribution in [-0.4, -0.2) is 30.1 Å². The Morgan fingerprint density at radius 2 is 1.62 bits per heavy atom. The summed E-state index contributed by atoms with van der Waals surface area (Å²) in [6.07, 6.45) is 1.08. The lowest BCUT2D eigenvalue weighted by Gasteiger charge is -2.07. The van der Waals surface area contributed by atoms with Crippen LogP contribution in [0.25, 0.3) is 0 Å². The van der Waals surface area contributed by atoms with Crippen LogP contribution in [0, 0.1) is 6.92 Å². The molecule has 2 N–H and O–H groups in total. The van der Waals surface area contributed by atoms with E-state index in [-0.39, 0.29) is 12.5 Å². The molecule has 0 atom stereocenters. The summed E-state index contributed by atoms with van der Waals surface area (Å²) in [6, 6.07) is 15.1. The summed E-state index contributed by atoms with van der Waals surface area (Å²) >= 11 is 0. The van der Waals surface area contributed by atoms with E-state index in [0.29, 0.717) is 25.1 Å². The zero-order valence-electron chi connectivity index (χ0n) is 13.6. The lowest BCUT2D eigenvalue weighted by atomic mass is 10.1. The zero-order chi connectivity index (χ0) is 17.4. The third kappa shape index (κ3) is 6.12. The fraction of sp³-hybridized carbons (Fsp3) is 0.263. The Bertz CT molecular complexity index is 678. The molecule has 5 heteroatoms. The van der Waals surface area contributed by atoms with Crippen molar-refractivity contribution in [2.24, 2.45) is 0 Å². The number of aliphatic carboxylic acids is 1. The highest BCUT2D eigenvalue weighted by Gasteiger charge is 2.03. The van der Waals surface area contributed by atoms with Crippen LogP contribution in [0.3, 0.4) is 0 Å². The normalized spacial score (nSPS) is 10.2.